The number of rotatable bonds is 3. The van der Waals surface area contributed by atoms with Gasteiger partial charge in [-0.1, -0.05) is 11.8 Å². The summed E-state index contributed by atoms with van der Waals surface area (Å²) in [5.41, 5.74) is 2.57. The average Bonchev–Trinajstić information content (AvgIpc) is 2.50. The maximum absolute atomic E-state index is 12.1. The summed E-state index contributed by atoms with van der Waals surface area (Å²) in [5.74, 6) is 5.37. The number of aryl methyl sites for hydroxylation is 1. The van der Waals surface area contributed by atoms with Gasteiger partial charge in [-0.3, -0.25) is 14.8 Å². The third-order valence-electron chi connectivity index (χ3n) is 2.64. The highest BCUT2D eigenvalue weighted by Gasteiger charge is 2.07. The number of pyridine rings is 2. The minimum atomic E-state index is -0.265. The molecule has 0 aliphatic heterocycles. The van der Waals surface area contributed by atoms with Crippen LogP contribution >= 0.6 is 0 Å². The van der Waals surface area contributed by atoms with Crippen molar-refractivity contribution in [2.24, 2.45) is 0 Å². The second-order valence-corrected chi connectivity index (χ2v) is 4.38. The summed E-state index contributed by atoms with van der Waals surface area (Å²) < 4.78 is 0. The normalized spacial score (nSPS) is 9.62. The first kappa shape index (κ1) is 14.7. The first-order valence-electron chi connectivity index (χ1n) is 6.48. The molecule has 2 aromatic rings. The van der Waals surface area contributed by atoms with Gasteiger partial charge in [0.2, 0.25) is 0 Å². The van der Waals surface area contributed by atoms with Crippen LogP contribution in [0.15, 0.2) is 36.8 Å². The van der Waals surface area contributed by atoms with Gasteiger partial charge in [0.05, 0.1) is 24.1 Å². The molecule has 0 aromatic carbocycles. The number of amides is 1. The predicted molar refractivity (Wildman–Crippen MR) is 79.7 cm³/mol. The number of aromatic nitrogens is 2. The Bertz CT molecular complexity index is 685. The molecule has 2 rings (SSSR count). The van der Waals surface area contributed by atoms with E-state index in [1.54, 1.807) is 24.5 Å². The Labute approximate surface area is 123 Å². The molecule has 106 valence electrons. The summed E-state index contributed by atoms with van der Waals surface area (Å²) in [6.07, 6.45) is 5.06. The van der Waals surface area contributed by atoms with Gasteiger partial charge in [-0.25, -0.2) is 0 Å². The summed E-state index contributed by atoms with van der Waals surface area (Å²) in [4.78, 5) is 20.2. The van der Waals surface area contributed by atoms with E-state index < -0.39 is 0 Å². The number of aliphatic hydroxyl groups excluding tert-OH is 1. The molecule has 0 saturated heterocycles. The smallest absolute Gasteiger partial charge is 0.257 e. The molecule has 0 fully saturated rings. The van der Waals surface area contributed by atoms with Crippen molar-refractivity contribution < 1.29 is 9.90 Å². The van der Waals surface area contributed by atoms with Crippen LogP contribution < -0.4 is 5.32 Å². The van der Waals surface area contributed by atoms with Gasteiger partial charge in [-0.2, -0.15) is 0 Å². The average molecular weight is 281 g/mol. The van der Waals surface area contributed by atoms with Gasteiger partial charge in [-0.05, 0) is 25.1 Å². The topological polar surface area (TPSA) is 75.1 Å². The summed E-state index contributed by atoms with van der Waals surface area (Å²) in [5, 5.41) is 11.4. The third-order valence-corrected chi connectivity index (χ3v) is 2.64. The molecule has 0 bridgehead atoms. The van der Waals surface area contributed by atoms with Crippen LogP contribution in [0.2, 0.25) is 0 Å². The first-order valence-corrected chi connectivity index (χ1v) is 6.48. The van der Waals surface area contributed by atoms with Gasteiger partial charge in [0.1, 0.15) is 0 Å². The molecular weight excluding hydrogens is 266 g/mol. The Balaban J connectivity index is 2.11. The van der Waals surface area contributed by atoms with Crippen molar-refractivity contribution in [3.8, 4) is 11.8 Å². The standard InChI is InChI=1S/C16H15N3O2/c1-12-5-6-15(11-18-12)19-16(21)14-8-13(9-17-10-14)4-2-3-7-20/h5-6,8-11,20H,3,7H2,1H3,(H,19,21). The van der Waals surface area contributed by atoms with Crippen molar-refractivity contribution in [1.29, 1.82) is 0 Å². The van der Waals surface area contributed by atoms with Crippen molar-refractivity contribution in [2.45, 2.75) is 13.3 Å². The minimum absolute atomic E-state index is 0.0149. The molecule has 2 aromatic heterocycles. The van der Waals surface area contributed by atoms with Gasteiger partial charge in [0, 0.05) is 30.1 Å². The minimum Gasteiger partial charge on any atom is -0.395 e. The molecule has 1 amide bonds. The number of nitrogens with one attached hydrogen (secondary N) is 1. The number of aliphatic hydroxyl groups is 1. The van der Waals surface area contributed by atoms with E-state index in [2.05, 4.69) is 27.1 Å². The maximum atomic E-state index is 12.1. The monoisotopic (exact) mass is 281 g/mol. The zero-order valence-electron chi connectivity index (χ0n) is 11.6. The number of hydrogen-bond acceptors (Lipinski definition) is 4. The highest BCUT2D eigenvalue weighted by atomic mass is 16.2. The van der Waals surface area contributed by atoms with Crippen molar-refractivity contribution >= 4 is 11.6 Å². The Morgan fingerprint density at radius 1 is 1.33 bits per heavy atom. The van der Waals surface area contributed by atoms with E-state index in [0.29, 0.717) is 23.2 Å². The van der Waals surface area contributed by atoms with Crippen LogP contribution in [0.1, 0.15) is 28.0 Å². The van der Waals surface area contributed by atoms with Gasteiger partial charge >= 0.3 is 0 Å². The second-order valence-electron chi connectivity index (χ2n) is 4.38. The van der Waals surface area contributed by atoms with E-state index in [0.717, 1.165) is 5.69 Å². The molecule has 5 heteroatoms. The fourth-order valence-electron chi connectivity index (χ4n) is 1.60. The molecule has 0 saturated carbocycles. The Morgan fingerprint density at radius 3 is 2.90 bits per heavy atom. The molecule has 0 aliphatic rings. The lowest BCUT2D eigenvalue weighted by Gasteiger charge is -2.05. The molecule has 0 radical (unpaired) electrons. The van der Waals surface area contributed by atoms with Gasteiger partial charge in [0.25, 0.3) is 5.91 Å². The summed E-state index contributed by atoms with van der Waals surface area (Å²) in [6, 6.07) is 5.28. The fraction of sp³-hybridized carbons (Fsp3) is 0.188. The van der Waals surface area contributed by atoms with Crippen molar-refractivity contribution in [3.63, 3.8) is 0 Å². The number of anilines is 1. The molecule has 21 heavy (non-hydrogen) atoms. The molecule has 0 unspecified atom stereocenters. The Hall–Kier alpha value is -2.71. The molecule has 0 aliphatic carbocycles. The van der Waals surface area contributed by atoms with Crippen molar-refractivity contribution in [2.75, 3.05) is 11.9 Å². The quantitative estimate of drug-likeness (QED) is 0.841. The predicted octanol–water partition coefficient (Wildman–Crippen LogP) is 1.77. The highest BCUT2D eigenvalue weighted by Crippen LogP contribution is 2.09. The maximum Gasteiger partial charge on any atom is 0.257 e. The van der Waals surface area contributed by atoms with E-state index in [1.165, 1.54) is 6.20 Å². The zero-order valence-corrected chi connectivity index (χ0v) is 11.6. The summed E-state index contributed by atoms with van der Waals surface area (Å²) >= 11 is 0. The summed E-state index contributed by atoms with van der Waals surface area (Å²) in [7, 11) is 0. The van der Waals surface area contributed by atoms with Crippen LogP contribution in [-0.4, -0.2) is 27.6 Å². The molecule has 5 nitrogen and oxygen atoms in total. The number of nitrogens with zero attached hydrogens (tertiary/aromatic N) is 2. The molecule has 0 spiro atoms. The SMILES string of the molecule is Cc1ccc(NC(=O)c2cncc(C#CCCO)c2)cn1. The van der Waals surface area contributed by atoms with Crippen LogP contribution in [0.5, 0.6) is 0 Å². The largest absolute Gasteiger partial charge is 0.395 e. The van der Waals surface area contributed by atoms with Crippen molar-refractivity contribution in [1.82, 2.24) is 9.97 Å². The second kappa shape index (κ2) is 7.17. The molecule has 0 atom stereocenters. The highest BCUT2D eigenvalue weighted by molar-refractivity contribution is 6.04. The van der Waals surface area contributed by atoms with Gasteiger partial charge in [-0.15, -0.1) is 0 Å². The van der Waals surface area contributed by atoms with E-state index >= 15 is 0 Å². The lowest BCUT2D eigenvalue weighted by molar-refractivity contribution is 0.102. The fourth-order valence-corrected chi connectivity index (χ4v) is 1.60. The van der Waals surface area contributed by atoms with Crippen LogP contribution in [0, 0.1) is 18.8 Å². The number of hydrogen-bond donors (Lipinski definition) is 2. The van der Waals surface area contributed by atoms with Crippen LogP contribution in [0.4, 0.5) is 5.69 Å². The third kappa shape index (κ3) is 4.41. The van der Waals surface area contributed by atoms with Crippen LogP contribution in [0.3, 0.4) is 0 Å². The molecule has 2 N–H and O–H groups in total. The molecule has 2 heterocycles. The van der Waals surface area contributed by atoms with E-state index in [1.807, 2.05) is 13.0 Å². The molecular formula is C16H15N3O2. The lowest BCUT2D eigenvalue weighted by Crippen LogP contribution is -2.12. The Morgan fingerprint density at radius 2 is 2.19 bits per heavy atom. The number of carbonyl (C=O) groups is 1. The van der Waals surface area contributed by atoms with Gasteiger partial charge in [0.15, 0.2) is 0 Å². The van der Waals surface area contributed by atoms with Crippen LogP contribution in [0.25, 0.3) is 0 Å². The Kier molecular flexibility index (Phi) is 5.02. The first-order chi connectivity index (χ1) is 10.2. The zero-order chi connectivity index (χ0) is 15.1. The van der Waals surface area contributed by atoms with Gasteiger partial charge < -0.3 is 10.4 Å². The van der Waals surface area contributed by atoms with E-state index in [4.69, 9.17) is 5.11 Å². The lowest BCUT2D eigenvalue weighted by atomic mass is 10.2. The van der Waals surface area contributed by atoms with E-state index in [-0.39, 0.29) is 12.5 Å². The van der Waals surface area contributed by atoms with Crippen molar-refractivity contribution in [3.05, 3.63) is 53.6 Å². The van der Waals surface area contributed by atoms with Crippen LogP contribution in [-0.2, 0) is 0 Å². The summed E-state index contributed by atoms with van der Waals surface area (Å²) in [6.45, 7) is 1.89. The van der Waals surface area contributed by atoms with E-state index in [9.17, 15) is 4.79 Å². The number of carbonyl (C=O) groups excluding carboxylic acids is 1.